The number of allylic oxidation sites excluding steroid dienone is 3. The molecule has 0 saturated heterocycles. The molecule has 0 aromatic heterocycles. The van der Waals surface area contributed by atoms with Gasteiger partial charge in [0.1, 0.15) is 5.76 Å². The van der Waals surface area contributed by atoms with Crippen molar-refractivity contribution < 1.29 is 5.11 Å². The van der Waals surface area contributed by atoms with E-state index in [1.807, 2.05) is 26.8 Å². The molecule has 0 unspecified atom stereocenters. The van der Waals surface area contributed by atoms with Gasteiger partial charge in [0, 0.05) is 15.9 Å². The van der Waals surface area contributed by atoms with Crippen molar-refractivity contribution in [1.82, 2.24) is 0 Å². The van der Waals surface area contributed by atoms with Gasteiger partial charge in [-0.15, -0.1) is 0 Å². The Morgan fingerprint density at radius 3 is 2.36 bits per heavy atom. The molecule has 1 aliphatic rings. The Balaban J connectivity index is 3.38. The summed E-state index contributed by atoms with van der Waals surface area (Å²) in [7, 11) is 0. The Bertz CT molecular complexity index is 373. The van der Waals surface area contributed by atoms with Gasteiger partial charge in [0.15, 0.2) is 0 Å². The molecule has 0 saturated carbocycles. The van der Waals surface area contributed by atoms with Gasteiger partial charge in [-0.2, -0.15) is 0 Å². The lowest BCUT2D eigenvalue weighted by molar-refractivity contribution is 0.299. The highest BCUT2D eigenvalue weighted by Crippen LogP contribution is 2.36. The van der Waals surface area contributed by atoms with Crippen LogP contribution in [0.15, 0.2) is 23.0 Å². The van der Waals surface area contributed by atoms with Crippen LogP contribution < -0.4 is 0 Å². The molecule has 0 radical (unpaired) electrons. The van der Waals surface area contributed by atoms with Crippen LogP contribution in [-0.4, -0.2) is 14.8 Å². The van der Waals surface area contributed by atoms with Crippen LogP contribution in [0.5, 0.6) is 0 Å². The van der Waals surface area contributed by atoms with Crippen molar-refractivity contribution in [3.63, 3.8) is 0 Å². The lowest BCUT2D eigenvalue weighted by Crippen LogP contribution is -2.25. The van der Waals surface area contributed by atoms with Crippen LogP contribution >= 0.6 is 24.4 Å². The molecule has 0 aromatic carbocycles. The van der Waals surface area contributed by atoms with Gasteiger partial charge in [0.25, 0.3) is 0 Å². The van der Waals surface area contributed by atoms with E-state index in [-0.39, 0.29) is 5.41 Å². The molecule has 1 aliphatic carbocycles. The van der Waals surface area contributed by atoms with Gasteiger partial charge in [-0.3, -0.25) is 0 Å². The van der Waals surface area contributed by atoms with E-state index in [4.69, 9.17) is 24.4 Å². The van der Waals surface area contributed by atoms with Crippen LogP contribution in [0.3, 0.4) is 0 Å². The molecule has 1 N–H and O–H groups in total. The topological polar surface area (TPSA) is 20.2 Å². The predicted octanol–water partition coefficient (Wildman–Crippen LogP) is 3.54. The lowest BCUT2D eigenvalue weighted by Gasteiger charge is -2.29. The van der Waals surface area contributed by atoms with E-state index in [9.17, 15) is 5.11 Å². The Morgan fingerprint density at radius 2 is 1.93 bits per heavy atom. The van der Waals surface area contributed by atoms with Crippen molar-refractivity contribution in [2.75, 3.05) is 0 Å². The molecule has 0 amide bonds. The summed E-state index contributed by atoms with van der Waals surface area (Å²) < 4.78 is 0. The van der Waals surface area contributed by atoms with Crippen molar-refractivity contribution in [3.8, 4) is 0 Å². The molecule has 76 valence electrons. The van der Waals surface area contributed by atoms with E-state index in [0.29, 0.717) is 21.1 Å². The molecular formula is C11H14OS2. The van der Waals surface area contributed by atoms with Crippen molar-refractivity contribution in [1.29, 1.82) is 0 Å². The molecule has 0 fully saturated rings. The van der Waals surface area contributed by atoms with E-state index in [0.717, 1.165) is 5.57 Å². The largest absolute Gasteiger partial charge is 0.511 e. The van der Waals surface area contributed by atoms with Crippen LogP contribution in [-0.2, 0) is 0 Å². The third-order valence-corrected chi connectivity index (χ3v) is 3.09. The first-order valence-corrected chi connectivity index (χ1v) is 5.28. The normalized spacial score (nSPS) is 20.9. The first kappa shape index (κ1) is 11.5. The second-order valence-corrected chi connectivity index (χ2v) is 5.18. The fourth-order valence-corrected chi connectivity index (χ4v) is 2.20. The van der Waals surface area contributed by atoms with E-state index in [1.54, 1.807) is 6.92 Å². The van der Waals surface area contributed by atoms with Gasteiger partial charge >= 0.3 is 0 Å². The number of aliphatic hydroxyl groups is 1. The maximum absolute atomic E-state index is 10.0. The fourth-order valence-electron chi connectivity index (χ4n) is 1.63. The van der Waals surface area contributed by atoms with Crippen LogP contribution in [0.2, 0.25) is 0 Å². The van der Waals surface area contributed by atoms with E-state index in [1.165, 1.54) is 0 Å². The van der Waals surface area contributed by atoms with Gasteiger partial charge in [0.05, 0.1) is 4.86 Å². The summed E-state index contributed by atoms with van der Waals surface area (Å²) in [6, 6.07) is 0. The first-order valence-electron chi connectivity index (χ1n) is 4.46. The quantitative estimate of drug-likeness (QED) is 0.691. The monoisotopic (exact) mass is 226 g/mol. The van der Waals surface area contributed by atoms with Crippen molar-refractivity contribution >= 4 is 34.2 Å². The lowest BCUT2D eigenvalue weighted by atomic mass is 9.79. The molecule has 0 heterocycles. The van der Waals surface area contributed by atoms with Gasteiger partial charge in [-0.05, 0) is 33.3 Å². The van der Waals surface area contributed by atoms with Crippen LogP contribution in [0.4, 0.5) is 0 Å². The standard InChI is InChI=1S/C11H14OS2/c1-6-5-11(3,4)10(12)8(7(2)13)9(6)14/h5,12H,1-4H3. The van der Waals surface area contributed by atoms with Gasteiger partial charge in [-0.25, -0.2) is 0 Å². The Kier molecular flexibility index (Phi) is 2.93. The summed E-state index contributed by atoms with van der Waals surface area (Å²) in [6.07, 6.45) is 1.98. The van der Waals surface area contributed by atoms with Crippen LogP contribution in [0, 0.1) is 5.41 Å². The summed E-state index contributed by atoms with van der Waals surface area (Å²) in [6.45, 7) is 7.65. The SMILES string of the molecule is CC(=S)C1=C(O)C(C)(C)C=C(C)C1=S. The summed E-state index contributed by atoms with van der Waals surface area (Å²) in [4.78, 5) is 1.34. The third-order valence-electron chi connectivity index (χ3n) is 2.36. The van der Waals surface area contributed by atoms with Gasteiger partial charge < -0.3 is 5.11 Å². The summed E-state index contributed by atoms with van der Waals surface area (Å²) in [5.74, 6) is 0.292. The average molecular weight is 226 g/mol. The maximum atomic E-state index is 10.0. The summed E-state index contributed by atoms with van der Waals surface area (Å²) in [5, 5.41) is 10.0. The molecule has 1 nitrogen and oxygen atoms in total. The van der Waals surface area contributed by atoms with Crippen LogP contribution in [0.1, 0.15) is 27.7 Å². The molecule has 0 aliphatic heterocycles. The number of hydrogen-bond acceptors (Lipinski definition) is 3. The number of aliphatic hydroxyl groups excluding tert-OH is 1. The maximum Gasteiger partial charge on any atom is 0.111 e. The average Bonchev–Trinajstić information content (AvgIpc) is 2.00. The Morgan fingerprint density at radius 1 is 1.43 bits per heavy atom. The summed E-state index contributed by atoms with van der Waals surface area (Å²) in [5.41, 5.74) is 1.32. The predicted molar refractivity (Wildman–Crippen MR) is 68.1 cm³/mol. The number of thiocarbonyl (C=S) groups is 2. The van der Waals surface area contributed by atoms with E-state index in [2.05, 4.69) is 0 Å². The summed E-state index contributed by atoms with van der Waals surface area (Å²) >= 11 is 10.3. The molecular weight excluding hydrogens is 212 g/mol. The highest BCUT2D eigenvalue weighted by Gasteiger charge is 2.31. The zero-order valence-corrected chi connectivity index (χ0v) is 10.5. The number of rotatable bonds is 1. The molecule has 3 heteroatoms. The highest BCUT2D eigenvalue weighted by molar-refractivity contribution is 7.83. The zero-order chi connectivity index (χ0) is 11.1. The van der Waals surface area contributed by atoms with E-state index >= 15 is 0 Å². The zero-order valence-electron chi connectivity index (χ0n) is 8.84. The smallest absolute Gasteiger partial charge is 0.111 e. The second-order valence-electron chi connectivity index (χ2n) is 4.16. The molecule has 0 spiro atoms. The van der Waals surface area contributed by atoms with Gasteiger partial charge in [-0.1, -0.05) is 30.5 Å². The Hall–Kier alpha value is -0.540. The third kappa shape index (κ3) is 1.79. The van der Waals surface area contributed by atoms with Crippen molar-refractivity contribution in [3.05, 3.63) is 23.0 Å². The molecule has 0 bridgehead atoms. The molecule has 14 heavy (non-hydrogen) atoms. The molecule has 0 aromatic rings. The molecule has 1 rings (SSSR count). The van der Waals surface area contributed by atoms with Gasteiger partial charge in [0.2, 0.25) is 0 Å². The second kappa shape index (κ2) is 3.55. The Labute approximate surface area is 95.5 Å². The first-order chi connectivity index (χ1) is 6.27. The fraction of sp³-hybridized carbons (Fsp3) is 0.455. The van der Waals surface area contributed by atoms with Crippen LogP contribution in [0.25, 0.3) is 0 Å². The highest BCUT2D eigenvalue weighted by atomic mass is 32.1. The van der Waals surface area contributed by atoms with E-state index < -0.39 is 0 Å². The van der Waals surface area contributed by atoms with Crippen molar-refractivity contribution in [2.24, 2.45) is 5.41 Å². The minimum Gasteiger partial charge on any atom is -0.511 e. The van der Waals surface area contributed by atoms with Crippen molar-refractivity contribution in [2.45, 2.75) is 27.7 Å². The number of hydrogen-bond donors (Lipinski definition) is 1. The minimum absolute atomic E-state index is 0.292. The molecule has 0 atom stereocenters. The minimum atomic E-state index is -0.359.